The lowest BCUT2D eigenvalue weighted by Gasteiger charge is -2.46. The number of piperazine rings is 1. The molecule has 0 saturated carbocycles. The van der Waals surface area contributed by atoms with Gasteiger partial charge in [0.2, 0.25) is 11.8 Å². The maximum atomic E-state index is 14.3. The highest BCUT2D eigenvalue weighted by atomic mass is 32.1. The van der Waals surface area contributed by atoms with Gasteiger partial charge in [0.25, 0.3) is 0 Å². The Bertz CT molecular complexity index is 1990. The number of anilines is 1. The van der Waals surface area contributed by atoms with Crippen LogP contribution in [0.5, 0.6) is 0 Å². The summed E-state index contributed by atoms with van der Waals surface area (Å²) < 4.78 is 19.8. The fourth-order valence-electron chi connectivity index (χ4n) is 6.41. The number of hydrogen-bond acceptors (Lipinski definition) is 8. The number of nitrogen functional groups attached to an aromatic ring is 1. The van der Waals surface area contributed by atoms with Crippen molar-refractivity contribution in [2.75, 3.05) is 25.4 Å². The van der Waals surface area contributed by atoms with Crippen LogP contribution in [0.3, 0.4) is 0 Å². The monoisotopic (exact) mass is 653 g/mol. The molecule has 13 heteroatoms. The van der Waals surface area contributed by atoms with E-state index in [4.69, 9.17) is 10.2 Å². The number of fused-ring (bicyclic) bond motifs is 3. The van der Waals surface area contributed by atoms with Crippen molar-refractivity contribution in [1.29, 1.82) is 0 Å². The number of thiazole rings is 1. The number of furan rings is 1. The van der Waals surface area contributed by atoms with E-state index in [1.807, 2.05) is 42.5 Å². The van der Waals surface area contributed by atoms with Crippen molar-refractivity contribution in [2.24, 2.45) is 0 Å². The van der Waals surface area contributed by atoms with Crippen LogP contribution in [-0.4, -0.2) is 74.5 Å². The molecule has 47 heavy (non-hydrogen) atoms. The average molecular weight is 654 g/mol. The Morgan fingerprint density at radius 2 is 1.96 bits per heavy atom. The van der Waals surface area contributed by atoms with Crippen LogP contribution in [-0.2, 0) is 29.1 Å². The molecule has 5 aromatic rings. The minimum atomic E-state index is -0.817. The Labute approximate surface area is 273 Å². The molecule has 11 nitrogen and oxygen atoms in total. The molecule has 0 radical (unpaired) electrons. The summed E-state index contributed by atoms with van der Waals surface area (Å²) in [6.45, 7) is 4.44. The molecule has 2 atom stereocenters. The lowest BCUT2D eigenvalue weighted by atomic mass is 9.99. The summed E-state index contributed by atoms with van der Waals surface area (Å²) in [6.07, 6.45) is 2.85. The minimum absolute atomic E-state index is 0.0982. The molecule has 0 aliphatic carbocycles. The number of carbonyl (C=O) groups is 3. The van der Waals surface area contributed by atoms with Gasteiger partial charge in [0.15, 0.2) is 5.13 Å². The van der Waals surface area contributed by atoms with Gasteiger partial charge in [-0.1, -0.05) is 47.7 Å². The highest BCUT2D eigenvalue weighted by Crippen LogP contribution is 2.33. The second-order valence-electron chi connectivity index (χ2n) is 11.6. The molecule has 2 aromatic heterocycles. The van der Waals surface area contributed by atoms with Crippen LogP contribution >= 0.6 is 11.3 Å². The average Bonchev–Trinajstić information content (AvgIpc) is 3.77. The molecule has 0 bridgehead atoms. The van der Waals surface area contributed by atoms with Gasteiger partial charge in [-0.05, 0) is 53.1 Å². The number of urea groups is 1. The van der Waals surface area contributed by atoms with Gasteiger partial charge in [0.1, 0.15) is 23.6 Å². The number of rotatable bonds is 9. The topological polar surface area (TPSA) is 128 Å². The van der Waals surface area contributed by atoms with Crippen molar-refractivity contribution in [3.8, 4) is 0 Å². The van der Waals surface area contributed by atoms with Crippen molar-refractivity contribution < 1.29 is 23.2 Å². The Balaban J connectivity index is 1.21. The van der Waals surface area contributed by atoms with Gasteiger partial charge in [0, 0.05) is 24.9 Å². The highest BCUT2D eigenvalue weighted by Gasteiger charge is 2.52. The number of carbonyl (C=O) groups excluding carboxylic acids is 3. The second-order valence-corrected chi connectivity index (χ2v) is 12.6. The standard InChI is InChI=1S/C34H32FN7O4S/c1-2-13-40(34(45)37-17-21-6-9-25(35)10-7-21)41-20-30(43)42-26(16-22-8-11-27-23(15-22)12-14-46-27)32(44)39(19-29(41)42)18-24-4-3-5-28-31(24)38-33(36)47-28/h2-12,14-15,26,29H,1,13,16-20H2,(H2,36,38)(H,37,45)/t26-,29+/m0/s1. The molecule has 7 rings (SSSR count). The molecule has 4 heterocycles. The van der Waals surface area contributed by atoms with Crippen molar-refractivity contribution in [3.05, 3.63) is 108 Å². The quantitative estimate of drug-likeness (QED) is 0.224. The van der Waals surface area contributed by atoms with Gasteiger partial charge in [-0.25, -0.2) is 14.2 Å². The van der Waals surface area contributed by atoms with Crippen LogP contribution in [0.25, 0.3) is 21.2 Å². The maximum Gasteiger partial charge on any atom is 0.332 e. The summed E-state index contributed by atoms with van der Waals surface area (Å²) in [5.41, 5.74) is 9.92. The van der Waals surface area contributed by atoms with E-state index in [0.717, 1.165) is 37.9 Å². The van der Waals surface area contributed by atoms with E-state index < -0.39 is 18.2 Å². The zero-order chi connectivity index (χ0) is 32.7. The van der Waals surface area contributed by atoms with Crippen molar-refractivity contribution >= 4 is 55.5 Å². The number of hydrazine groups is 1. The molecule has 240 valence electrons. The third kappa shape index (κ3) is 5.90. The zero-order valence-electron chi connectivity index (χ0n) is 25.3. The Kier molecular flexibility index (Phi) is 8.08. The molecule has 0 unspecified atom stereocenters. The Morgan fingerprint density at radius 1 is 1.15 bits per heavy atom. The number of amides is 4. The van der Waals surface area contributed by atoms with Gasteiger partial charge < -0.3 is 25.3 Å². The first-order valence-electron chi connectivity index (χ1n) is 15.2. The Morgan fingerprint density at radius 3 is 2.77 bits per heavy atom. The van der Waals surface area contributed by atoms with E-state index in [-0.39, 0.29) is 56.8 Å². The molecule has 4 amide bonds. The van der Waals surface area contributed by atoms with Crippen molar-refractivity contribution in [1.82, 2.24) is 30.1 Å². The van der Waals surface area contributed by atoms with E-state index in [1.54, 1.807) is 39.3 Å². The van der Waals surface area contributed by atoms with Crippen molar-refractivity contribution in [2.45, 2.75) is 31.7 Å². The number of halogens is 1. The first-order valence-corrected chi connectivity index (χ1v) is 16.0. The maximum absolute atomic E-state index is 14.3. The summed E-state index contributed by atoms with van der Waals surface area (Å²) in [6, 6.07) is 18.0. The number of nitrogens with two attached hydrogens (primary N) is 1. The summed E-state index contributed by atoms with van der Waals surface area (Å²) in [5, 5.41) is 7.37. The van der Waals surface area contributed by atoms with Gasteiger partial charge in [-0.3, -0.25) is 14.6 Å². The zero-order valence-corrected chi connectivity index (χ0v) is 26.2. The third-order valence-corrected chi connectivity index (χ3v) is 9.45. The smallest absolute Gasteiger partial charge is 0.332 e. The van der Waals surface area contributed by atoms with Gasteiger partial charge in [-0.2, -0.15) is 5.01 Å². The van der Waals surface area contributed by atoms with Gasteiger partial charge in [-0.15, -0.1) is 6.58 Å². The van der Waals surface area contributed by atoms with Gasteiger partial charge in [0.05, 0.1) is 36.1 Å². The lowest BCUT2D eigenvalue weighted by Crippen LogP contribution is -2.66. The molecular formula is C34H32FN7O4S. The van der Waals surface area contributed by atoms with Crippen LogP contribution in [0.4, 0.5) is 14.3 Å². The van der Waals surface area contributed by atoms with E-state index in [2.05, 4.69) is 16.9 Å². The van der Waals surface area contributed by atoms with E-state index in [1.165, 1.54) is 28.5 Å². The van der Waals surface area contributed by atoms with Crippen LogP contribution in [0.15, 0.2) is 90.1 Å². The summed E-state index contributed by atoms with van der Waals surface area (Å²) >= 11 is 1.38. The highest BCUT2D eigenvalue weighted by molar-refractivity contribution is 7.22. The number of nitrogens with one attached hydrogen (secondary N) is 1. The molecule has 2 aliphatic rings. The van der Waals surface area contributed by atoms with Crippen LogP contribution in [0.1, 0.15) is 16.7 Å². The molecular weight excluding hydrogens is 621 g/mol. The SMILES string of the molecule is C=CCN(C(=O)NCc1ccc(F)cc1)N1CC(=O)N2[C@@H](Cc3ccc4occc4c3)C(=O)N(Cc3cccc4sc(N)nc34)C[C@@H]21. The molecule has 2 saturated heterocycles. The first kappa shape index (κ1) is 30.4. The molecule has 2 aliphatic heterocycles. The molecule has 2 fully saturated rings. The van der Waals surface area contributed by atoms with Crippen LogP contribution in [0.2, 0.25) is 0 Å². The number of aromatic nitrogens is 1. The second kappa shape index (κ2) is 12.5. The predicted octanol–water partition coefficient (Wildman–Crippen LogP) is 4.50. The van der Waals surface area contributed by atoms with E-state index in [9.17, 15) is 18.8 Å². The van der Waals surface area contributed by atoms with Gasteiger partial charge >= 0.3 is 6.03 Å². The largest absolute Gasteiger partial charge is 0.464 e. The lowest BCUT2D eigenvalue weighted by molar-refractivity contribution is -0.157. The third-order valence-electron chi connectivity index (χ3n) is 8.60. The number of nitrogens with zero attached hydrogens (tertiary/aromatic N) is 5. The molecule has 0 spiro atoms. The molecule has 3 N–H and O–H groups in total. The Hall–Kier alpha value is -5.27. The van der Waals surface area contributed by atoms with Crippen LogP contribution < -0.4 is 11.1 Å². The fraction of sp³-hybridized carbons (Fsp3) is 0.235. The number of benzene rings is 3. The van der Waals surface area contributed by atoms with Crippen molar-refractivity contribution in [3.63, 3.8) is 0 Å². The summed E-state index contributed by atoms with van der Waals surface area (Å²) in [5.74, 6) is -0.818. The van der Waals surface area contributed by atoms with Crippen LogP contribution in [0, 0.1) is 5.82 Å². The van der Waals surface area contributed by atoms with E-state index in [0.29, 0.717) is 5.13 Å². The normalized spacial score (nSPS) is 18.2. The number of para-hydroxylation sites is 1. The fourth-order valence-corrected chi connectivity index (χ4v) is 7.19. The minimum Gasteiger partial charge on any atom is -0.464 e. The number of hydrogen-bond donors (Lipinski definition) is 2. The van der Waals surface area contributed by atoms with E-state index >= 15 is 0 Å². The summed E-state index contributed by atoms with van der Waals surface area (Å²) in [7, 11) is 0. The summed E-state index contributed by atoms with van der Waals surface area (Å²) in [4.78, 5) is 49.6. The first-order chi connectivity index (χ1) is 22.8. The molecule has 3 aromatic carbocycles. The predicted molar refractivity (Wildman–Crippen MR) is 176 cm³/mol.